The van der Waals surface area contributed by atoms with Crippen LogP contribution in [0.15, 0.2) is 41.4 Å². The van der Waals surface area contributed by atoms with Crippen LogP contribution in [0.5, 0.6) is 0 Å². The average Bonchev–Trinajstić information content (AvgIpc) is 2.80. The van der Waals surface area contributed by atoms with Gasteiger partial charge in [-0.25, -0.2) is 17.8 Å². The van der Waals surface area contributed by atoms with Gasteiger partial charge in [-0.3, -0.25) is 0 Å². The van der Waals surface area contributed by atoms with Gasteiger partial charge in [-0.2, -0.15) is 9.57 Å². The molecular weight excluding hydrogens is 417 g/mol. The predicted molar refractivity (Wildman–Crippen MR) is 117 cm³/mol. The van der Waals surface area contributed by atoms with Gasteiger partial charge >= 0.3 is 0 Å². The lowest BCUT2D eigenvalue weighted by Gasteiger charge is -2.35. The van der Waals surface area contributed by atoms with E-state index in [-0.39, 0.29) is 10.9 Å². The van der Waals surface area contributed by atoms with E-state index in [1.54, 1.807) is 24.3 Å². The summed E-state index contributed by atoms with van der Waals surface area (Å²) in [5, 5.41) is 12.3. The molecule has 2 aromatic rings. The molecule has 0 aliphatic carbocycles. The van der Waals surface area contributed by atoms with Gasteiger partial charge in [0.25, 0.3) is 0 Å². The zero-order chi connectivity index (χ0) is 21.8. The molecule has 2 aliphatic rings. The molecule has 2 aliphatic heterocycles. The van der Waals surface area contributed by atoms with Crippen LogP contribution in [-0.4, -0.2) is 49.9 Å². The maximum Gasteiger partial charge on any atom is 0.244 e. The number of anilines is 2. The van der Waals surface area contributed by atoms with Gasteiger partial charge in [-0.1, -0.05) is 6.42 Å². The Morgan fingerprint density at radius 3 is 2.58 bits per heavy atom. The molecule has 7 nitrogen and oxygen atoms in total. The van der Waals surface area contributed by atoms with Crippen molar-refractivity contribution in [3.63, 3.8) is 0 Å². The van der Waals surface area contributed by atoms with E-state index in [2.05, 4.69) is 10.3 Å². The van der Waals surface area contributed by atoms with Crippen molar-refractivity contribution in [3.05, 3.63) is 47.9 Å². The molecule has 0 bridgehead atoms. The predicted octanol–water partition coefficient (Wildman–Crippen LogP) is 3.35. The zero-order valence-corrected chi connectivity index (χ0v) is 18.1. The highest BCUT2D eigenvalue weighted by molar-refractivity contribution is 7.89. The van der Waals surface area contributed by atoms with Crippen molar-refractivity contribution >= 4 is 21.5 Å². The average molecular weight is 444 g/mol. The smallest absolute Gasteiger partial charge is 0.244 e. The molecule has 31 heavy (non-hydrogen) atoms. The first-order valence-corrected chi connectivity index (χ1v) is 12.1. The molecule has 0 saturated carbocycles. The fraction of sp³-hybridized carbons (Fsp3) is 0.455. The second kappa shape index (κ2) is 9.20. The maximum absolute atomic E-state index is 14.4. The van der Waals surface area contributed by atoms with Crippen LogP contribution in [0.2, 0.25) is 0 Å². The Kier molecular flexibility index (Phi) is 6.39. The Bertz CT molecular complexity index is 1060. The summed E-state index contributed by atoms with van der Waals surface area (Å²) in [5.74, 6) is 0.204. The number of nitrogens with zero attached hydrogens (tertiary/aromatic N) is 4. The van der Waals surface area contributed by atoms with Gasteiger partial charge in [0, 0.05) is 38.4 Å². The summed E-state index contributed by atoms with van der Waals surface area (Å²) in [6.45, 7) is 2.46. The van der Waals surface area contributed by atoms with E-state index in [1.165, 1.54) is 16.6 Å². The summed E-state index contributed by atoms with van der Waals surface area (Å²) in [5.41, 5.74) is 0.790. The zero-order valence-electron chi connectivity index (χ0n) is 17.3. The lowest BCUT2D eigenvalue weighted by atomic mass is 10.0. The summed E-state index contributed by atoms with van der Waals surface area (Å²) in [4.78, 5) is 6.50. The SMILES string of the molecule is N#Cc1ccc(N2CCCC(Nc3ccc(S(=O)(=O)N4CCCCC4)cn3)C2)c(F)c1. The molecule has 2 saturated heterocycles. The van der Waals surface area contributed by atoms with Gasteiger partial charge in [-0.05, 0) is 56.0 Å². The highest BCUT2D eigenvalue weighted by Crippen LogP contribution is 2.26. The first-order valence-electron chi connectivity index (χ1n) is 10.6. The summed E-state index contributed by atoms with van der Waals surface area (Å²) in [6, 6.07) is 9.83. The van der Waals surface area contributed by atoms with Crippen LogP contribution in [0, 0.1) is 17.1 Å². The number of hydrogen-bond acceptors (Lipinski definition) is 6. The molecule has 3 heterocycles. The Morgan fingerprint density at radius 1 is 1.10 bits per heavy atom. The van der Waals surface area contributed by atoms with Gasteiger partial charge in [-0.15, -0.1) is 0 Å². The Labute approximate surface area is 182 Å². The van der Waals surface area contributed by atoms with E-state index < -0.39 is 15.8 Å². The lowest BCUT2D eigenvalue weighted by molar-refractivity contribution is 0.346. The number of nitriles is 1. The van der Waals surface area contributed by atoms with Crippen LogP contribution in [0.4, 0.5) is 15.9 Å². The third-order valence-electron chi connectivity index (χ3n) is 5.88. The number of rotatable bonds is 5. The van der Waals surface area contributed by atoms with Crippen molar-refractivity contribution in [1.82, 2.24) is 9.29 Å². The summed E-state index contributed by atoms with van der Waals surface area (Å²) >= 11 is 0. The van der Waals surface area contributed by atoms with Crippen LogP contribution in [0.25, 0.3) is 0 Å². The number of benzene rings is 1. The van der Waals surface area contributed by atoms with E-state index in [4.69, 9.17) is 5.26 Å². The second-order valence-corrected chi connectivity index (χ2v) is 9.99. The quantitative estimate of drug-likeness (QED) is 0.762. The minimum atomic E-state index is -3.50. The van der Waals surface area contributed by atoms with Gasteiger partial charge < -0.3 is 10.2 Å². The molecular formula is C22H26FN5O2S. The highest BCUT2D eigenvalue weighted by atomic mass is 32.2. The molecule has 1 unspecified atom stereocenters. The molecule has 0 radical (unpaired) electrons. The third-order valence-corrected chi connectivity index (χ3v) is 7.76. The molecule has 1 aromatic heterocycles. The molecule has 1 aromatic carbocycles. The molecule has 0 amide bonds. The number of halogens is 1. The van der Waals surface area contributed by atoms with E-state index in [0.29, 0.717) is 36.7 Å². The van der Waals surface area contributed by atoms with E-state index >= 15 is 0 Å². The maximum atomic E-state index is 14.4. The van der Waals surface area contributed by atoms with E-state index in [9.17, 15) is 12.8 Å². The Balaban J connectivity index is 1.42. The summed E-state index contributed by atoms with van der Waals surface area (Å²) < 4.78 is 41.5. The topological polar surface area (TPSA) is 89.3 Å². The van der Waals surface area contributed by atoms with Crippen molar-refractivity contribution in [2.45, 2.75) is 43.0 Å². The normalized spacial score (nSPS) is 20.3. The number of aromatic nitrogens is 1. The largest absolute Gasteiger partial charge is 0.367 e. The minimum Gasteiger partial charge on any atom is -0.367 e. The van der Waals surface area contributed by atoms with Gasteiger partial charge in [0.05, 0.1) is 17.3 Å². The van der Waals surface area contributed by atoms with Crippen LogP contribution in [0.3, 0.4) is 0 Å². The molecule has 164 valence electrons. The highest BCUT2D eigenvalue weighted by Gasteiger charge is 2.27. The molecule has 9 heteroatoms. The summed E-state index contributed by atoms with van der Waals surface area (Å²) in [7, 11) is -3.50. The second-order valence-electron chi connectivity index (χ2n) is 8.05. The number of piperidine rings is 2. The fourth-order valence-electron chi connectivity index (χ4n) is 4.23. The summed E-state index contributed by atoms with van der Waals surface area (Å²) in [6.07, 6.45) is 6.06. The first-order chi connectivity index (χ1) is 15.0. The van der Waals surface area contributed by atoms with Crippen LogP contribution < -0.4 is 10.2 Å². The molecule has 1 N–H and O–H groups in total. The Hall–Kier alpha value is -2.70. The Morgan fingerprint density at radius 2 is 1.90 bits per heavy atom. The minimum absolute atomic E-state index is 0.0563. The molecule has 4 rings (SSSR count). The molecule has 2 fully saturated rings. The first kappa shape index (κ1) is 21.5. The standard InChI is InChI=1S/C22H26FN5O2S/c23-20-13-17(14-24)6-8-21(20)27-10-4-5-18(16-27)26-22-9-7-19(15-25-22)31(29,30)28-11-2-1-3-12-28/h6-9,13,15,18H,1-5,10-12,16H2,(H,25,26). The van der Waals surface area contributed by atoms with Crippen molar-refractivity contribution in [1.29, 1.82) is 5.26 Å². The monoisotopic (exact) mass is 443 g/mol. The van der Waals surface area contributed by atoms with E-state index in [1.807, 2.05) is 11.0 Å². The number of sulfonamides is 1. The third kappa shape index (κ3) is 4.81. The van der Waals surface area contributed by atoms with Crippen molar-refractivity contribution < 1.29 is 12.8 Å². The van der Waals surface area contributed by atoms with Crippen LogP contribution in [-0.2, 0) is 10.0 Å². The lowest BCUT2D eigenvalue weighted by Crippen LogP contribution is -2.42. The number of nitrogens with one attached hydrogen (secondary N) is 1. The van der Waals surface area contributed by atoms with E-state index in [0.717, 1.165) is 38.6 Å². The fourth-order valence-corrected chi connectivity index (χ4v) is 5.69. The molecule has 1 atom stereocenters. The van der Waals surface area contributed by atoms with Crippen LogP contribution >= 0.6 is 0 Å². The molecule has 0 spiro atoms. The van der Waals surface area contributed by atoms with Gasteiger partial charge in [0.15, 0.2) is 0 Å². The van der Waals surface area contributed by atoms with Gasteiger partial charge in [0.1, 0.15) is 16.5 Å². The van der Waals surface area contributed by atoms with Crippen molar-refractivity contribution in [2.24, 2.45) is 0 Å². The number of hydrogen-bond donors (Lipinski definition) is 1. The van der Waals surface area contributed by atoms with Crippen molar-refractivity contribution in [2.75, 3.05) is 36.4 Å². The van der Waals surface area contributed by atoms with Crippen LogP contribution in [0.1, 0.15) is 37.7 Å². The van der Waals surface area contributed by atoms with Crippen molar-refractivity contribution in [3.8, 4) is 6.07 Å². The van der Waals surface area contributed by atoms with Gasteiger partial charge in [0.2, 0.25) is 10.0 Å². The number of pyridine rings is 1.